The predicted octanol–water partition coefficient (Wildman–Crippen LogP) is 0.561. The number of aliphatic hydroxyl groups is 2. The van der Waals surface area contributed by atoms with E-state index >= 15 is 0 Å². The van der Waals surface area contributed by atoms with E-state index in [4.69, 9.17) is 9.47 Å². The van der Waals surface area contributed by atoms with Crippen LogP contribution in [0.3, 0.4) is 0 Å². The van der Waals surface area contributed by atoms with Gasteiger partial charge >= 0.3 is 0 Å². The van der Waals surface area contributed by atoms with Crippen LogP contribution < -0.4 is 0 Å². The highest BCUT2D eigenvalue weighted by Crippen LogP contribution is 2.06. The summed E-state index contributed by atoms with van der Waals surface area (Å²) in [6, 6.07) is 0. The van der Waals surface area contributed by atoms with Crippen LogP contribution >= 0.6 is 0 Å². The largest absolute Gasteiger partial charge is 0.391 e. The van der Waals surface area contributed by atoms with Gasteiger partial charge in [-0.05, 0) is 12.8 Å². The first-order valence-corrected chi connectivity index (χ1v) is 5.04. The molecule has 0 heterocycles. The standard InChI is InChI=1S/C10H22O4/c1-13-7-9(11)5-3-4-6-10(12)8-14-2/h9-12H,3-8H2,1-2H3. The van der Waals surface area contributed by atoms with E-state index < -0.39 is 0 Å². The van der Waals surface area contributed by atoms with E-state index in [9.17, 15) is 10.2 Å². The molecule has 0 aromatic carbocycles. The Bertz CT molecular complexity index is 105. The van der Waals surface area contributed by atoms with Crippen molar-refractivity contribution < 1.29 is 19.7 Å². The summed E-state index contributed by atoms with van der Waals surface area (Å²) in [5.74, 6) is 0. The molecule has 4 heteroatoms. The van der Waals surface area contributed by atoms with Crippen molar-refractivity contribution >= 4 is 0 Å². The highest BCUT2D eigenvalue weighted by Gasteiger charge is 2.05. The summed E-state index contributed by atoms with van der Waals surface area (Å²) in [5, 5.41) is 18.6. The molecule has 0 saturated carbocycles. The molecule has 0 aliphatic heterocycles. The van der Waals surface area contributed by atoms with Crippen molar-refractivity contribution in [1.82, 2.24) is 0 Å². The molecule has 2 atom stereocenters. The Hall–Kier alpha value is -0.160. The van der Waals surface area contributed by atoms with Gasteiger partial charge in [-0.1, -0.05) is 12.8 Å². The summed E-state index contributed by atoms with van der Waals surface area (Å²) in [7, 11) is 3.15. The zero-order chi connectivity index (χ0) is 10.8. The van der Waals surface area contributed by atoms with Gasteiger partial charge in [0.2, 0.25) is 0 Å². The first-order valence-electron chi connectivity index (χ1n) is 5.04. The molecule has 0 amide bonds. The Morgan fingerprint density at radius 3 is 1.50 bits per heavy atom. The molecule has 0 aromatic rings. The van der Waals surface area contributed by atoms with Crippen molar-refractivity contribution in [1.29, 1.82) is 0 Å². The SMILES string of the molecule is COCC(O)CCCCC(O)COC. The second kappa shape index (κ2) is 9.40. The van der Waals surface area contributed by atoms with Crippen LogP contribution in [0, 0.1) is 0 Å². The van der Waals surface area contributed by atoms with Crippen LogP contribution in [0.5, 0.6) is 0 Å². The monoisotopic (exact) mass is 206 g/mol. The number of hydrogen-bond donors (Lipinski definition) is 2. The molecular weight excluding hydrogens is 184 g/mol. The highest BCUT2D eigenvalue weighted by atomic mass is 16.5. The summed E-state index contributed by atoms with van der Waals surface area (Å²) < 4.78 is 9.60. The third kappa shape index (κ3) is 8.44. The lowest BCUT2D eigenvalue weighted by molar-refractivity contribution is 0.0485. The fraction of sp³-hybridized carbons (Fsp3) is 1.00. The molecule has 2 unspecified atom stereocenters. The molecule has 86 valence electrons. The maximum Gasteiger partial charge on any atom is 0.0773 e. The van der Waals surface area contributed by atoms with Crippen molar-refractivity contribution in [3.8, 4) is 0 Å². The first kappa shape index (κ1) is 13.8. The van der Waals surface area contributed by atoms with Gasteiger partial charge in [0, 0.05) is 14.2 Å². The van der Waals surface area contributed by atoms with Gasteiger partial charge in [-0.2, -0.15) is 0 Å². The van der Waals surface area contributed by atoms with E-state index in [2.05, 4.69) is 0 Å². The van der Waals surface area contributed by atoms with Gasteiger partial charge in [0.1, 0.15) is 0 Å². The summed E-state index contributed by atoms with van der Waals surface area (Å²) in [6.45, 7) is 0.779. The Kier molecular flexibility index (Phi) is 9.29. The fourth-order valence-corrected chi connectivity index (χ4v) is 1.31. The van der Waals surface area contributed by atoms with E-state index in [-0.39, 0.29) is 12.2 Å². The van der Waals surface area contributed by atoms with E-state index in [1.165, 1.54) is 0 Å². The molecule has 2 N–H and O–H groups in total. The normalized spacial score (nSPS) is 15.4. The number of methoxy groups -OCH3 is 2. The second-order valence-corrected chi connectivity index (χ2v) is 3.50. The van der Waals surface area contributed by atoms with E-state index in [0.29, 0.717) is 13.2 Å². The molecule has 0 aliphatic carbocycles. The molecule has 0 aromatic heterocycles. The van der Waals surface area contributed by atoms with Gasteiger partial charge in [0.25, 0.3) is 0 Å². The van der Waals surface area contributed by atoms with Crippen molar-refractivity contribution in [3.63, 3.8) is 0 Å². The Labute approximate surface area is 85.8 Å². The number of ether oxygens (including phenoxy) is 2. The molecule has 0 rings (SSSR count). The summed E-state index contributed by atoms with van der Waals surface area (Å²) >= 11 is 0. The maximum absolute atomic E-state index is 9.31. The van der Waals surface area contributed by atoms with Gasteiger partial charge in [-0.25, -0.2) is 0 Å². The number of rotatable bonds is 9. The quantitative estimate of drug-likeness (QED) is 0.541. The van der Waals surface area contributed by atoms with Crippen LogP contribution in [-0.4, -0.2) is 49.9 Å². The summed E-state index contributed by atoms with van der Waals surface area (Å²) in [6.07, 6.45) is 2.52. The molecule has 0 fully saturated rings. The van der Waals surface area contributed by atoms with Crippen LogP contribution in [0.15, 0.2) is 0 Å². The summed E-state index contributed by atoms with van der Waals surface area (Å²) in [4.78, 5) is 0. The lowest BCUT2D eigenvalue weighted by Gasteiger charge is -2.11. The minimum absolute atomic E-state index is 0.375. The molecule has 14 heavy (non-hydrogen) atoms. The third-order valence-corrected chi connectivity index (χ3v) is 2.04. The molecule has 0 spiro atoms. The fourth-order valence-electron chi connectivity index (χ4n) is 1.31. The average molecular weight is 206 g/mol. The van der Waals surface area contributed by atoms with Gasteiger partial charge in [0.05, 0.1) is 25.4 Å². The molecular formula is C10H22O4. The average Bonchev–Trinajstić information content (AvgIpc) is 2.13. The Morgan fingerprint density at radius 1 is 0.857 bits per heavy atom. The molecule has 0 saturated heterocycles. The zero-order valence-corrected chi connectivity index (χ0v) is 9.11. The van der Waals surface area contributed by atoms with Gasteiger partial charge in [-0.3, -0.25) is 0 Å². The molecule has 4 nitrogen and oxygen atoms in total. The molecule has 0 aliphatic rings. The molecule has 0 radical (unpaired) electrons. The lowest BCUT2D eigenvalue weighted by Crippen LogP contribution is -2.15. The lowest BCUT2D eigenvalue weighted by atomic mass is 10.1. The van der Waals surface area contributed by atoms with Crippen molar-refractivity contribution in [2.24, 2.45) is 0 Å². The first-order chi connectivity index (χ1) is 6.70. The Balaban J connectivity index is 3.19. The predicted molar refractivity (Wildman–Crippen MR) is 54.2 cm³/mol. The maximum atomic E-state index is 9.31. The van der Waals surface area contributed by atoms with E-state index in [1.54, 1.807) is 14.2 Å². The minimum atomic E-state index is -0.375. The van der Waals surface area contributed by atoms with E-state index in [1.807, 2.05) is 0 Å². The van der Waals surface area contributed by atoms with Gasteiger partial charge in [-0.15, -0.1) is 0 Å². The Morgan fingerprint density at radius 2 is 1.21 bits per heavy atom. The van der Waals surface area contributed by atoms with Crippen LogP contribution in [-0.2, 0) is 9.47 Å². The van der Waals surface area contributed by atoms with Gasteiger partial charge in [0.15, 0.2) is 0 Å². The van der Waals surface area contributed by atoms with Crippen molar-refractivity contribution in [2.75, 3.05) is 27.4 Å². The summed E-state index contributed by atoms with van der Waals surface area (Å²) in [5.41, 5.74) is 0. The number of unbranched alkanes of at least 4 members (excludes halogenated alkanes) is 1. The van der Waals surface area contributed by atoms with E-state index in [0.717, 1.165) is 25.7 Å². The third-order valence-electron chi connectivity index (χ3n) is 2.04. The van der Waals surface area contributed by atoms with Crippen LogP contribution in [0.2, 0.25) is 0 Å². The minimum Gasteiger partial charge on any atom is -0.391 e. The van der Waals surface area contributed by atoms with Crippen LogP contribution in [0.1, 0.15) is 25.7 Å². The zero-order valence-electron chi connectivity index (χ0n) is 9.11. The number of hydrogen-bond acceptors (Lipinski definition) is 4. The van der Waals surface area contributed by atoms with Crippen LogP contribution in [0.25, 0.3) is 0 Å². The topological polar surface area (TPSA) is 58.9 Å². The smallest absolute Gasteiger partial charge is 0.0773 e. The second-order valence-electron chi connectivity index (χ2n) is 3.50. The van der Waals surface area contributed by atoms with Gasteiger partial charge < -0.3 is 19.7 Å². The van der Waals surface area contributed by atoms with Crippen molar-refractivity contribution in [2.45, 2.75) is 37.9 Å². The van der Waals surface area contributed by atoms with Crippen LogP contribution in [0.4, 0.5) is 0 Å². The van der Waals surface area contributed by atoms with Crippen molar-refractivity contribution in [3.05, 3.63) is 0 Å². The number of aliphatic hydroxyl groups excluding tert-OH is 2. The highest BCUT2D eigenvalue weighted by molar-refractivity contribution is 4.57. The molecule has 0 bridgehead atoms.